The monoisotopic (exact) mass is 266 g/mol. The summed E-state index contributed by atoms with van der Waals surface area (Å²) in [5, 5.41) is 11.9. The van der Waals surface area contributed by atoms with Gasteiger partial charge < -0.3 is 5.32 Å². The van der Waals surface area contributed by atoms with Crippen molar-refractivity contribution in [3.8, 4) is 6.07 Å². The largest absolute Gasteiger partial charge is 0.347 e. The van der Waals surface area contributed by atoms with Crippen LogP contribution in [-0.4, -0.2) is 9.97 Å². The quantitative estimate of drug-likeness (QED) is 0.873. The third-order valence-electron chi connectivity index (χ3n) is 3.49. The van der Waals surface area contributed by atoms with Crippen LogP contribution in [0.2, 0.25) is 0 Å². The zero-order valence-electron chi connectivity index (χ0n) is 10.9. The molecule has 100 valence electrons. The van der Waals surface area contributed by atoms with Crippen molar-refractivity contribution in [3.63, 3.8) is 0 Å². The molecule has 0 fully saturated rings. The number of hydrogen-bond donors (Lipinski definition) is 2. The van der Waals surface area contributed by atoms with Crippen LogP contribution in [0, 0.1) is 11.3 Å². The normalized spacial score (nSPS) is 13.3. The average molecular weight is 266 g/mol. The molecule has 1 heterocycles. The van der Waals surface area contributed by atoms with Crippen molar-refractivity contribution in [3.05, 3.63) is 51.6 Å². The van der Waals surface area contributed by atoms with E-state index < -0.39 is 5.69 Å². The minimum Gasteiger partial charge on any atom is -0.340 e. The second kappa shape index (κ2) is 5.17. The number of benzene rings is 1. The second-order valence-corrected chi connectivity index (χ2v) is 4.91. The number of rotatable bonds is 2. The molecule has 1 aromatic heterocycles. The Morgan fingerprint density at radius 3 is 2.80 bits per heavy atom. The van der Waals surface area contributed by atoms with E-state index >= 15 is 0 Å². The summed E-state index contributed by atoms with van der Waals surface area (Å²) in [6.07, 6.45) is 4.70. The van der Waals surface area contributed by atoms with E-state index in [1.807, 2.05) is 12.1 Å². The summed E-state index contributed by atoms with van der Waals surface area (Å²) in [5.74, 6) is 0.390. The van der Waals surface area contributed by atoms with Gasteiger partial charge >= 0.3 is 5.69 Å². The number of anilines is 2. The van der Waals surface area contributed by atoms with Crippen LogP contribution in [0.5, 0.6) is 0 Å². The first-order valence-corrected chi connectivity index (χ1v) is 6.65. The number of aromatic nitrogens is 2. The van der Waals surface area contributed by atoms with E-state index in [4.69, 9.17) is 5.26 Å². The number of hydrogen-bond acceptors (Lipinski definition) is 4. The van der Waals surface area contributed by atoms with Crippen molar-refractivity contribution in [2.24, 2.45) is 0 Å². The number of nitrogens with one attached hydrogen (secondary N) is 2. The number of nitriles is 1. The molecule has 0 bridgehead atoms. The van der Waals surface area contributed by atoms with Crippen LogP contribution in [0.15, 0.2) is 29.1 Å². The Morgan fingerprint density at radius 1 is 1.20 bits per heavy atom. The Morgan fingerprint density at radius 2 is 2.00 bits per heavy atom. The van der Waals surface area contributed by atoms with Gasteiger partial charge in [-0.1, -0.05) is 6.07 Å². The first-order valence-electron chi connectivity index (χ1n) is 6.65. The molecule has 0 saturated carbocycles. The van der Waals surface area contributed by atoms with Gasteiger partial charge in [0.1, 0.15) is 17.6 Å². The van der Waals surface area contributed by atoms with Gasteiger partial charge in [-0.25, -0.2) is 4.79 Å². The van der Waals surface area contributed by atoms with Gasteiger partial charge in [0.15, 0.2) is 0 Å². The van der Waals surface area contributed by atoms with E-state index in [0.717, 1.165) is 18.5 Å². The van der Waals surface area contributed by atoms with Crippen LogP contribution in [0.3, 0.4) is 0 Å². The van der Waals surface area contributed by atoms with Crippen LogP contribution in [0.1, 0.15) is 29.7 Å². The molecule has 1 aromatic carbocycles. The van der Waals surface area contributed by atoms with Gasteiger partial charge in [-0.05, 0) is 48.9 Å². The van der Waals surface area contributed by atoms with Gasteiger partial charge in [0.25, 0.3) is 0 Å². The number of H-pyrrole nitrogens is 1. The minimum absolute atomic E-state index is 0.200. The molecule has 0 spiro atoms. The molecule has 5 nitrogen and oxygen atoms in total. The van der Waals surface area contributed by atoms with Gasteiger partial charge in [0.05, 0.1) is 0 Å². The molecule has 0 amide bonds. The lowest BCUT2D eigenvalue weighted by atomic mass is 9.91. The number of aryl methyl sites for hydroxylation is 2. The second-order valence-electron chi connectivity index (χ2n) is 4.91. The van der Waals surface area contributed by atoms with Crippen LogP contribution in [-0.2, 0) is 12.8 Å². The summed E-state index contributed by atoms with van der Waals surface area (Å²) in [5.41, 5.74) is 3.33. The molecule has 1 aliphatic carbocycles. The van der Waals surface area contributed by atoms with Crippen LogP contribution in [0.25, 0.3) is 0 Å². The molecular weight excluding hydrogens is 252 g/mol. The Hall–Kier alpha value is -2.61. The van der Waals surface area contributed by atoms with E-state index in [2.05, 4.69) is 27.4 Å². The Bertz CT molecular complexity index is 742. The molecule has 5 heteroatoms. The van der Waals surface area contributed by atoms with Gasteiger partial charge in [0, 0.05) is 11.8 Å². The fraction of sp³-hybridized carbons (Fsp3) is 0.267. The van der Waals surface area contributed by atoms with E-state index in [0.29, 0.717) is 5.82 Å². The van der Waals surface area contributed by atoms with Crippen molar-refractivity contribution in [2.75, 3.05) is 5.32 Å². The maximum Gasteiger partial charge on any atom is 0.347 e. The molecule has 3 rings (SSSR count). The highest BCUT2D eigenvalue weighted by Crippen LogP contribution is 2.25. The third-order valence-corrected chi connectivity index (χ3v) is 3.49. The third kappa shape index (κ3) is 2.54. The van der Waals surface area contributed by atoms with E-state index in [9.17, 15) is 4.79 Å². The van der Waals surface area contributed by atoms with Crippen molar-refractivity contribution >= 4 is 11.5 Å². The number of nitrogens with zero attached hydrogens (tertiary/aromatic N) is 2. The summed E-state index contributed by atoms with van der Waals surface area (Å²) < 4.78 is 0. The highest BCUT2D eigenvalue weighted by atomic mass is 16.1. The molecular formula is C15H14N4O. The molecule has 0 unspecified atom stereocenters. The zero-order chi connectivity index (χ0) is 13.9. The minimum atomic E-state index is -0.524. The Balaban J connectivity index is 1.90. The smallest absolute Gasteiger partial charge is 0.340 e. The first-order chi connectivity index (χ1) is 9.74. The van der Waals surface area contributed by atoms with Crippen molar-refractivity contribution in [1.82, 2.24) is 9.97 Å². The maximum absolute atomic E-state index is 11.3. The molecule has 0 saturated heterocycles. The van der Waals surface area contributed by atoms with Crippen molar-refractivity contribution < 1.29 is 0 Å². The molecule has 1 aliphatic rings. The maximum atomic E-state index is 11.3. The van der Waals surface area contributed by atoms with Crippen LogP contribution < -0.4 is 11.0 Å². The van der Waals surface area contributed by atoms with Crippen LogP contribution in [0.4, 0.5) is 11.5 Å². The number of aromatic amines is 1. The SMILES string of the molecule is N#Cc1cc(Nc2ccc3c(c2)CCCC3)nc(=O)[nH]1. The number of fused-ring (bicyclic) bond motifs is 1. The first kappa shape index (κ1) is 12.4. The molecule has 2 N–H and O–H groups in total. The van der Waals surface area contributed by atoms with E-state index in [-0.39, 0.29) is 5.69 Å². The summed E-state index contributed by atoms with van der Waals surface area (Å²) in [7, 11) is 0. The predicted octanol–water partition coefficient (Wildman–Crippen LogP) is 2.26. The van der Waals surface area contributed by atoms with Gasteiger partial charge in [-0.2, -0.15) is 10.2 Å². The standard InChI is InChI=1S/C15H14N4O/c16-9-13-8-14(19-15(20)18-13)17-12-6-5-10-3-1-2-4-11(10)7-12/h5-8H,1-4H2,(H2,17,18,19,20). The fourth-order valence-corrected chi connectivity index (χ4v) is 2.54. The summed E-state index contributed by atoms with van der Waals surface area (Å²) >= 11 is 0. The molecule has 20 heavy (non-hydrogen) atoms. The average Bonchev–Trinajstić information content (AvgIpc) is 2.46. The van der Waals surface area contributed by atoms with Crippen LogP contribution >= 0.6 is 0 Å². The fourth-order valence-electron chi connectivity index (χ4n) is 2.54. The lowest BCUT2D eigenvalue weighted by molar-refractivity contribution is 0.686. The Kier molecular flexibility index (Phi) is 3.21. The highest BCUT2D eigenvalue weighted by Gasteiger charge is 2.10. The summed E-state index contributed by atoms with van der Waals surface area (Å²) in [6, 6.07) is 9.64. The predicted molar refractivity (Wildman–Crippen MR) is 75.9 cm³/mol. The topological polar surface area (TPSA) is 81.6 Å². The Labute approximate surface area is 116 Å². The molecule has 0 radical (unpaired) electrons. The van der Waals surface area contributed by atoms with E-state index in [1.165, 1.54) is 30.0 Å². The lowest BCUT2D eigenvalue weighted by Gasteiger charge is -2.16. The molecule has 0 atom stereocenters. The summed E-state index contributed by atoms with van der Waals surface area (Å²) in [4.78, 5) is 17.5. The molecule has 2 aromatic rings. The highest BCUT2D eigenvalue weighted by molar-refractivity contribution is 5.59. The van der Waals surface area contributed by atoms with Gasteiger partial charge in [0.2, 0.25) is 0 Å². The van der Waals surface area contributed by atoms with E-state index in [1.54, 1.807) is 0 Å². The van der Waals surface area contributed by atoms with Crippen molar-refractivity contribution in [1.29, 1.82) is 5.26 Å². The zero-order valence-corrected chi connectivity index (χ0v) is 10.9. The summed E-state index contributed by atoms with van der Waals surface area (Å²) in [6.45, 7) is 0. The van der Waals surface area contributed by atoms with Gasteiger partial charge in [-0.3, -0.25) is 4.98 Å². The lowest BCUT2D eigenvalue weighted by Crippen LogP contribution is -2.13. The van der Waals surface area contributed by atoms with Gasteiger partial charge in [-0.15, -0.1) is 0 Å². The molecule has 0 aliphatic heterocycles. The van der Waals surface area contributed by atoms with Crippen molar-refractivity contribution in [2.45, 2.75) is 25.7 Å².